The molecule has 0 amide bonds. The van der Waals surface area contributed by atoms with Crippen molar-refractivity contribution >= 4 is 49.6 Å². The molecule has 0 aliphatic carbocycles. The highest BCUT2D eigenvalue weighted by Crippen LogP contribution is 2.30. The van der Waals surface area contributed by atoms with Crippen LogP contribution in [0.5, 0.6) is 0 Å². The van der Waals surface area contributed by atoms with Gasteiger partial charge in [0.25, 0.3) is 0 Å². The molecular weight excluding hydrogens is 520 g/mol. The summed E-state index contributed by atoms with van der Waals surface area (Å²) in [7, 11) is 0. The van der Waals surface area contributed by atoms with Gasteiger partial charge in [-0.15, -0.1) is 0 Å². The maximum absolute atomic E-state index is 5.10. The summed E-state index contributed by atoms with van der Waals surface area (Å²) in [6, 6.07) is 53.0. The average molecular weight is 551 g/mol. The lowest BCUT2D eigenvalue weighted by Gasteiger charge is -2.10. The standard InChI is InChI=1S/C41H30N2/c1-28(30-18-22-34(23-19-30)40-17-9-15-33-12-7-8-16-39(33)40)42-41(38-25-21-32-11-4-6-14-37(32)27-38)43-29(2)35-24-20-31-10-3-5-13-36(31)26-35/h3-27H,1H2,2H3/b42-41-,43-29+. The summed E-state index contributed by atoms with van der Waals surface area (Å²) in [4.78, 5) is 10.1. The molecule has 0 N–H and O–H groups in total. The molecule has 7 aromatic carbocycles. The quantitative estimate of drug-likeness (QED) is 0.150. The molecule has 0 saturated carbocycles. The van der Waals surface area contributed by atoms with Crippen LogP contribution in [0, 0.1) is 0 Å². The van der Waals surface area contributed by atoms with E-state index in [0.29, 0.717) is 11.5 Å². The lowest BCUT2D eigenvalue weighted by molar-refractivity contribution is 1.45. The maximum Gasteiger partial charge on any atom is 0.160 e. The minimum absolute atomic E-state index is 0.638. The van der Waals surface area contributed by atoms with Crippen LogP contribution in [0.3, 0.4) is 0 Å². The molecule has 0 aliphatic rings. The molecule has 43 heavy (non-hydrogen) atoms. The molecule has 0 radical (unpaired) electrons. The Balaban J connectivity index is 1.27. The van der Waals surface area contributed by atoms with Crippen LogP contribution in [0.2, 0.25) is 0 Å². The van der Waals surface area contributed by atoms with E-state index in [-0.39, 0.29) is 0 Å². The number of rotatable bonds is 5. The Labute approximate surface area is 252 Å². The Morgan fingerprint density at radius 3 is 1.70 bits per heavy atom. The van der Waals surface area contributed by atoms with Crippen molar-refractivity contribution in [3.05, 3.63) is 175 Å². The van der Waals surface area contributed by atoms with E-state index in [1.54, 1.807) is 0 Å². The maximum atomic E-state index is 5.10. The third-order valence-electron chi connectivity index (χ3n) is 8.01. The summed E-state index contributed by atoms with van der Waals surface area (Å²) in [6.07, 6.45) is 0. The first-order valence-corrected chi connectivity index (χ1v) is 14.5. The average Bonchev–Trinajstić information content (AvgIpc) is 3.07. The smallest absolute Gasteiger partial charge is 0.160 e. The third kappa shape index (κ3) is 5.39. The zero-order chi connectivity index (χ0) is 29.2. The van der Waals surface area contributed by atoms with Crippen molar-refractivity contribution in [2.75, 3.05) is 0 Å². The molecular formula is C41H30N2. The van der Waals surface area contributed by atoms with E-state index in [9.17, 15) is 0 Å². The Kier molecular flexibility index (Phi) is 6.94. The Hall–Kier alpha value is -5.60. The predicted octanol–water partition coefficient (Wildman–Crippen LogP) is 10.7. The van der Waals surface area contributed by atoms with Gasteiger partial charge in [-0.25, -0.2) is 9.98 Å². The van der Waals surface area contributed by atoms with Gasteiger partial charge in [0.1, 0.15) is 0 Å². The van der Waals surface area contributed by atoms with Gasteiger partial charge in [0.05, 0.1) is 5.70 Å². The summed E-state index contributed by atoms with van der Waals surface area (Å²) in [5, 5.41) is 7.21. The highest BCUT2D eigenvalue weighted by molar-refractivity contribution is 6.14. The molecule has 0 unspecified atom stereocenters. The monoisotopic (exact) mass is 550 g/mol. The molecule has 0 atom stereocenters. The van der Waals surface area contributed by atoms with E-state index in [2.05, 4.69) is 158 Å². The van der Waals surface area contributed by atoms with E-state index in [0.717, 1.165) is 33.4 Å². The third-order valence-corrected chi connectivity index (χ3v) is 8.01. The number of nitrogens with zero attached hydrogens (tertiary/aromatic N) is 2. The molecule has 2 nitrogen and oxygen atoms in total. The van der Waals surface area contributed by atoms with Crippen LogP contribution in [0.15, 0.2) is 168 Å². The van der Waals surface area contributed by atoms with E-state index < -0.39 is 0 Å². The molecule has 0 saturated heterocycles. The minimum Gasteiger partial charge on any atom is -0.233 e. The number of hydrogen-bond donors (Lipinski definition) is 0. The van der Waals surface area contributed by atoms with Gasteiger partial charge < -0.3 is 0 Å². The predicted molar refractivity (Wildman–Crippen MR) is 185 cm³/mol. The topological polar surface area (TPSA) is 24.7 Å². The summed E-state index contributed by atoms with van der Waals surface area (Å²) in [5.41, 5.74) is 6.92. The largest absolute Gasteiger partial charge is 0.233 e. The van der Waals surface area contributed by atoms with Gasteiger partial charge in [0.15, 0.2) is 5.84 Å². The fourth-order valence-electron chi connectivity index (χ4n) is 5.63. The minimum atomic E-state index is 0.638. The van der Waals surface area contributed by atoms with Crippen LogP contribution in [0.1, 0.15) is 23.6 Å². The molecule has 0 heterocycles. The lowest BCUT2D eigenvalue weighted by atomic mass is 9.97. The van der Waals surface area contributed by atoms with Crippen LogP contribution >= 0.6 is 0 Å². The van der Waals surface area contributed by atoms with E-state index in [4.69, 9.17) is 9.98 Å². The highest BCUT2D eigenvalue weighted by Gasteiger charge is 2.10. The van der Waals surface area contributed by atoms with Crippen LogP contribution in [0.4, 0.5) is 0 Å². The van der Waals surface area contributed by atoms with E-state index >= 15 is 0 Å². The van der Waals surface area contributed by atoms with Gasteiger partial charge in [-0.2, -0.15) is 0 Å². The van der Waals surface area contributed by atoms with Crippen molar-refractivity contribution in [3.63, 3.8) is 0 Å². The fourth-order valence-corrected chi connectivity index (χ4v) is 5.63. The fraction of sp³-hybridized carbons (Fsp3) is 0.0244. The summed E-state index contributed by atoms with van der Waals surface area (Å²) in [5.74, 6) is 0.638. The molecule has 7 aromatic rings. The van der Waals surface area contributed by atoms with Crippen molar-refractivity contribution in [1.82, 2.24) is 0 Å². The van der Waals surface area contributed by atoms with Crippen molar-refractivity contribution in [3.8, 4) is 11.1 Å². The molecule has 7 rings (SSSR count). The number of benzene rings is 7. The first-order chi connectivity index (χ1) is 21.1. The first kappa shape index (κ1) is 26.3. The number of hydrogen-bond acceptors (Lipinski definition) is 1. The van der Waals surface area contributed by atoms with Crippen molar-refractivity contribution in [1.29, 1.82) is 0 Å². The van der Waals surface area contributed by atoms with Crippen LogP contribution in [-0.2, 0) is 0 Å². The second kappa shape index (κ2) is 11.3. The van der Waals surface area contributed by atoms with E-state index in [1.807, 2.05) is 6.92 Å². The molecule has 0 aliphatic heterocycles. The molecule has 0 bridgehead atoms. The van der Waals surface area contributed by atoms with E-state index in [1.165, 1.54) is 32.5 Å². The lowest BCUT2D eigenvalue weighted by Crippen LogP contribution is -2.04. The van der Waals surface area contributed by atoms with Gasteiger partial charge in [0, 0.05) is 11.3 Å². The molecule has 0 spiro atoms. The summed E-state index contributed by atoms with van der Waals surface area (Å²) < 4.78 is 0. The van der Waals surface area contributed by atoms with Crippen LogP contribution in [0.25, 0.3) is 49.1 Å². The van der Waals surface area contributed by atoms with Gasteiger partial charge >= 0.3 is 0 Å². The normalized spacial score (nSPS) is 12.2. The van der Waals surface area contributed by atoms with Crippen molar-refractivity contribution < 1.29 is 0 Å². The first-order valence-electron chi connectivity index (χ1n) is 14.5. The van der Waals surface area contributed by atoms with Crippen LogP contribution < -0.4 is 0 Å². The Bertz CT molecular complexity index is 2200. The molecule has 2 heteroatoms. The molecule has 204 valence electrons. The number of aliphatic imine (C=N–C) groups is 2. The van der Waals surface area contributed by atoms with Gasteiger partial charge in [-0.3, -0.25) is 0 Å². The van der Waals surface area contributed by atoms with Gasteiger partial charge in [0.2, 0.25) is 0 Å². The Morgan fingerprint density at radius 2 is 1.00 bits per heavy atom. The molecule has 0 aromatic heterocycles. The number of amidine groups is 1. The Morgan fingerprint density at radius 1 is 0.465 bits per heavy atom. The van der Waals surface area contributed by atoms with Gasteiger partial charge in [-0.05, 0) is 73.6 Å². The highest BCUT2D eigenvalue weighted by atomic mass is 14.9. The van der Waals surface area contributed by atoms with Crippen LogP contribution in [-0.4, -0.2) is 11.5 Å². The molecule has 0 fully saturated rings. The summed E-state index contributed by atoms with van der Waals surface area (Å²) >= 11 is 0. The number of fused-ring (bicyclic) bond motifs is 3. The second-order valence-corrected chi connectivity index (χ2v) is 10.8. The summed E-state index contributed by atoms with van der Waals surface area (Å²) in [6.45, 7) is 6.41. The zero-order valence-electron chi connectivity index (χ0n) is 24.0. The van der Waals surface area contributed by atoms with Crippen molar-refractivity contribution in [2.45, 2.75) is 6.92 Å². The van der Waals surface area contributed by atoms with Crippen molar-refractivity contribution in [2.24, 2.45) is 9.98 Å². The van der Waals surface area contributed by atoms with Gasteiger partial charge in [-0.1, -0.05) is 146 Å². The SMILES string of the molecule is C=C(/N=C(\N=C(/C)c1ccc2ccccc2c1)c1ccc2ccccc2c1)c1ccc(-c2cccc3ccccc23)cc1. The zero-order valence-corrected chi connectivity index (χ0v) is 24.0. The second-order valence-electron chi connectivity index (χ2n) is 10.8.